The first-order valence-corrected chi connectivity index (χ1v) is 9.52. The number of hydrogen-bond donors (Lipinski definition) is 1. The van der Waals surface area contributed by atoms with Gasteiger partial charge in [-0.2, -0.15) is 0 Å². The first-order chi connectivity index (χ1) is 13.1. The highest BCUT2D eigenvalue weighted by molar-refractivity contribution is 5.76. The number of carbonyl (C=O) groups is 1. The Hall–Kier alpha value is -2.89. The Morgan fingerprint density at radius 3 is 2.85 bits per heavy atom. The topological polar surface area (TPSA) is 63.1 Å². The molecule has 1 N–H and O–H groups in total. The van der Waals surface area contributed by atoms with E-state index >= 15 is 0 Å². The van der Waals surface area contributed by atoms with Crippen molar-refractivity contribution in [3.8, 4) is 0 Å². The normalized spacial score (nSPS) is 17.0. The van der Waals surface area contributed by atoms with Crippen LogP contribution in [0.5, 0.6) is 0 Å². The molecule has 4 rings (SSSR count). The van der Waals surface area contributed by atoms with E-state index in [1.165, 1.54) is 0 Å². The highest BCUT2D eigenvalue weighted by atomic mass is 16.2. The molecule has 27 heavy (non-hydrogen) atoms. The molecule has 140 valence electrons. The van der Waals surface area contributed by atoms with Gasteiger partial charge in [-0.25, -0.2) is 9.78 Å². The van der Waals surface area contributed by atoms with E-state index in [1.54, 1.807) is 6.20 Å². The quantitative estimate of drug-likeness (QED) is 0.768. The van der Waals surface area contributed by atoms with E-state index in [9.17, 15) is 4.79 Å². The molecule has 6 heteroatoms. The van der Waals surface area contributed by atoms with Crippen LogP contribution in [0.15, 0.2) is 48.8 Å². The van der Waals surface area contributed by atoms with Gasteiger partial charge in [0.05, 0.1) is 17.2 Å². The molecule has 0 radical (unpaired) electrons. The Kier molecular flexibility index (Phi) is 4.79. The fourth-order valence-electron chi connectivity index (χ4n) is 3.83. The van der Waals surface area contributed by atoms with Crippen LogP contribution in [0.3, 0.4) is 0 Å². The van der Waals surface area contributed by atoms with Gasteiger partial charge in [0.1, 0.15) is 5.82 Å². The molecule has 1 aliphatic rings. The Balaban J connectivity index is 1.47. The summed E-state index contributed by atoms with van der Waals surface area (Å²) >= 11 is 0. The number of aromatic nitrogens is 3. The smallest absolute Gasteiger partial charge is 0.317 e. The zero-order valence-corrected chi connectivity index (χ0v) is 15.8. The number of hydrogen-bond acceptors (Lipinski definition) is 3. The Labute approximate surface area is 159 Å². The predicted octanol–water partition coefficient (Wildman–Crippen LogP) is 3.71. The Morgan fingerprint density at radius 2 is 2.07 bits per heavy atom. The van der Waals surface area contributed by atoms with Crippen LogP contribution >= 0.6 is 0 Å². The zero-order chi connectivity index (χ0) is 18.8. The number of nitrogens with one attached hydrogen (secondary N) is 1. The average Bonchev–Trinajstić information content (AvgIpc) is 3.31. The molecule has 1 atom stereocenters. The maximum absolute atomic E-state index is 12.6. The van der Waals surface area contributed by atoms with E-state index in [2.05, 4.69) is 28.7 Å². The van der Waals surface area contributed by atoms with Gasteiger partial charge in [0, 0.05) is 37.8 Å². The number of amides is 2. The summed E-state index contributed by atoms with van der Waals surface area (Å²) < 4.78 is 2.26. The SMILES string of the molecule is CC(C)n1c([C@H]2CCN(C(=O)NCc3ccccc3)C2)nc2ccncc21. The maximum Gasteiger partial charge on any atom is 0.317 e. The number of carbonyl (C=O) groups excluding carboxylic acids is 1. The molecule has 3 heterocycles. The number of nitrogens with zero attached hydrogens (tertiary/aromatic N) is 4. The van der Waals surface area contributed by atoms with E-state index < -0.39 is 0 Å². The lowest BCUT2D eigenvalue weighted by Crippen LogP contribution is -2.38. The molecule has 6 nitrogen and oxygen atoms in total. The maximum atomic E-state index is 12.6. The molecular formula is C21H25N5O. The van der Waals surface area contributed by atoms with Crippen LogP contribution in [0.1, 0.15) is 43.6 Å². The Morgan fingerprint density at radius 1 is 1.26 bits per heavy atom. The number of pyridine rings is 1. The number of fused-ring (bicyclic) bond motifs is 1. The summed E-state index contributed by atoms with van der Waals surface area (Å²) in [6, 6.07) is 12.2. The summed E-state index contributed by atoms with van der Waals surface area (Å²) in [5, 5.41) is 3.03. The molecule has 1 aromatic carbocycles. The van der Waals surface area contributed by atoms with Crippen LogP contribution in [-0.4, -0.2) is 38.6 Å². The monoisotopic (exact) mass is 363 g/mol. The van der Waals surface area contributed by atoms with Gasteiger partial charge in [0.15, 0.2) is 0 Å². The molecule has 1 fully saturated rings. The summed E-state index contributed by atoms with van der Waals surface area (Å²) in [6.07, 6.45) is 4.59. The molecular weight excluding hydrogens is 338 g/mol. The predicted molar refractivity (Wildman–Crippen MR) is 106 cm³/mol. The third-order valence-corrected chi connectivity index (χ3v) is 5.16. The van der Waals surface area contributed by atoms with E-state index in [0.29, 0.717) is 19.1 Å². The van der Waals surface area contributed by atoms with Gasteiger partial charge in [-0.1, -0.05) is 30.3 Å². The van der Waals surface area contributed by atoms with Crippen molar-refractivity contribution in [2.45, 2.75) is 38.8 Å². The minimum Gasteiger partial charge on any atom is -0.334 e. The number of likely N-dealkylation sites (tertiary alicyclic amines) is 1. The summed E-state index contributed by atoms with van der Waals surface area (Å²) in [5.74, 6) is 1.31. The van der Waals surface area contributed by atoms with Crippen LogP contribution < -0.4 is 5.32 Å². The molecule has 1 aliphatic heterocycles. The highest BCUT2D eigenvalue weighted by Crippen LogP contribution is 2.31. The highest BCUT2D eigenvalue weighted by Gasteiger charge is 2.31. The minimum absolute atomic E-state index is 0.00442. The molecule has 2 aromatic heterocycles. The molecule has 0 spiro atoms. The lowest BCUT2D eigenvalue weighted by Gasteiger charge is -2.19. The van der Waals surface area contributed by atoms with Gasteiger partial charge in [-0.15, -0.1) is 0 Å². The van der Waals surface area contributed by atoms with Gasteiger partial charge >= 0.3 is 6.03 Å². The minimum atomic E-state index is -0.00442. The van der Waals surface area contributed by atoms with Crippen molar-refractivity contribution in [2.75, 3.05) is 13.1 Å². The number of rotatable bonds is 4. The van der Waals surface area contributed by atoms with Crippen molar-refractivity contribution >= 4 is 17.1 Å². The second-order valence-corrected chi connectivity index (χ2v) is 7.37. The van der Waals surface area contributed by atoms with E-state index in [-0.39, 0.29) is 11.9 Å². The third-order valence-electron chi connectivity index (χ3n) is 5.16. The van der Waals surface area contributed by atoms with Gasteiger partial charge in [0.25, 0.3) is 0 Å². The third kappa shape index (κ3) is 3.52. The fraction of sp³-hybridized carbons (Fsp3) is 0.381. The molecule has 2 amide bonds. The fourth-order valence-corrected chi connectivity index (χ4v) is 3.83. The summed E-state index contributed by atoms with van der Waals surface area (Å²) in [4.78, 5) is 23.6. The lowest BCUT2D eigenvalue weighted by molar-refractivity contribution is 0.207. The summed E-state index contributed by atoms with van der Waals surface area (Å²) in [5.41, 5.74) is 3.14. The van der Waals surface area contributed by atoms with E-state index in [0.717, 1.165) is 35.4 Å². The molecule has 3 aromatic rings. The standard InChI is InChI=1S/C21H25N5O/c1-15(2)26-19-13-22-10-8-18(19)24-20(26)17-9-11-25(14-17)21(27)23-12-16-6-4-3-5-7-16/h3-8,10,13,15,17H,9,11-12,14H2,1-2H3,(H,23,27)/t17-/m0/s1. The second-order valence-electron chi connectivity index (χ2n) is 7.37. The molecule has 0 saturated carbocycles. The van der Waals surface area contributed by atoms with Crippen molar-refractivity contribution in [3.05, 3.63) is 60.2 Å². The van der Waals surface area contributed by atoms with Gasteiger partial charge in [-0.05, 0) is 31.9 Å². The van der Waals surface area contributed by atoms with Crippen LogP contribution in [-0.2, 0) is 6.54 Å². The first kappa shape index (κ1) is 17.5. The van der Waals surface area contributed by atoms with Crippen molar-refractivity contribution in [2.24, 2.45) is 0 Å². The summed E-state index contributed by atoms with van der Waals surface area (Å²) in [6.45, 7) is 6.33. The van der Waals surface area contributed by atoms with Crippen LogP contribution in [0.2, 0.25) is 0 Å². The van der Waals surface area contributed by atoms with Gasteiger partial charge in [-0.3, -0.25) is 4.98 Å². The molecule has 0 aliphatic carbocycles. The van der Waals surface area contributed by atoms with Crippen LogP contribution in [0.25, 0.3) is 11.0 Å². The number of imidazole rings is 1. The van der Waals surface area contributed by atoms with E-state index in [1.807, 2.05) is 47.5 Å². The van der Waals surface area contributed by atoms with Crippen molar-refractivity contribution in [3.63, 3.8) is 0 Å². The van der Waals surface area contributed by atoms with Crippen molar-refractivity contribution in [1.82, 2.24) is 24.8 Å². The van der Waals surface area contributed by atoms with Gasteiger partial charge < -0.3 is 14.8 Å². The van der Waals surface area contributed by atoms with Crippen LogP contribution in [0, 0.1) is 0 Å². The van der Waals surface area contributed by atoms with Gasteiger partial charge in [0.2, 0.25) is 0 Å². The zero-order valence-electron chi connectivity index (χ0n) is 15.8. The molecule has 1 saturated heterocycles. The first-order valence-electron chi connectivity index (χ1n) is 9.52. The number of urea groups is 1. The average molecular weight is 363 g/mol. The van der Waals surface area contributed by atoms with Crippen molar-refractivity contribution in [1.29, 1.82) is 0 Å². The lowest BCUT2D eigenvalue weighted by atomic mass is 10.1. The summed E-state index contributed by atoms with van der Waals surface area (Å²) in [7, 11) is 0. The van der Waals surface area contributed by atoms with E-state index in [4.69, 9.17) is 4.98 Å². The van der Waals surface area contributed by atoms with Crippen LogP contribution in [0.4, 0.5) is 4.79 Å². The second kappa shape index (κ2) is 7.39. The Bertz CT molecular complexity index is 934. The largest absolute Gasteiger partial charge is 0.334 e. The van der Waals surface area contributed by atoms with Crippen molar-refractivity contribution < 1.29 is 4.79 Å². The number of benzene rings is 1. The molecule has 0 bridgehead atoms. The molecule has 0 unspecified atom stereocenters.